The summed E-state index contributed by atoms with van der Waals surface area (Å²) in [7, 11) is 0. The molecule has 0 aromatic heterocycles. The summed E-state index contributed by atoms with van der Waals surface area (Å²) in [6.45, 7) is 1.07. The fraction of sp³-hybridized carbons (Fsp3) is 0.571. The van der Waals surface area contributed by atoms with Crippen molar-refractivity contribution in [3.63, 3.8) is 0 Å². The Morgan fingerprint density at radius 3 is 2.74 bits per heavy atom. The van der Waals surface area contributed by atoms with Gasteiger partial charge in [-0.05, 0) is 5.56 Å². The number of aliphatic hydroxyl groups is 2. The van der Waals surface area contributed by atoms with Gasteiger partial charge in [0.1, 0.15) is 18.3 Å². The van der Waals surface area contributed by atoms with Crippen LogP contribution in [0.15, 0.2) is 30.3 Å². The second kappa shape index (κ2) is 4.26. The smallest absolute Gasteiger partial charge is 0.111 e. The maximum atomic E-state index is 10.3. The van der Waals surface area contributed by atoms with Gasteiger partial charge < -0.3 is 14.9 Å². The Bertz CT molecular complexity index is 468. The highest BCUT2D eigenvalue weighted by molar-refractivity contribution is 5.16. The van der Waals surface area contributed by atoms with Crippen LogP contribution in [0.3, 0.4) is 0 Å². The van der Waals surface area contributed by atoms with Crippen LogP contribution < -0.4 is 0 Å². The van der Waals surface area contributed by atoms with Gasteiger partial charge in [0.05, 0.1) is 18.8 Å². The molecule has 3 aliphatic rings. The van der Waals surface area contributed by atoms with Crippen molar-refractivity contribution in [2.75, 3.05) is 6.61 Å². The van der Waals surface area contributed by atoms with Crippen molar-refractivity contribution < 1.29 is 19.8 Å². The summed E-state index contributed by atoms with van der Waals surface area (Å²) in [6.07, 6.45) is -1.92. The van der Waals surface area contributed by atoms with Crippen LogP contribution in [-0.4, -0.2) is 52.3 Å². The molecule has 2 aliphatic heterocycles. The normalized spacial score (nSPS) is 44.7. The van der Waals surface area contributed by atoms with Crippen LogP contribution in [0.1, 0.15) is 5.56 Å². The van der Waals surface area contributed by atoms with E-state index in [1.807, 2.05) is 35.4 Å². The second-order valence-corrected chi connectivity index (χ2v) is 5.55. The minimum Gasteiger partial charge on any atom is -0.390 e. The molecule has 6 atom stereocenters. The van der Waals surface area contributed by atoms with Gasteiger partial charge in [-0.25, -0.2) is 0 Å². The minimum absolute atomic E-state index is 0.0440. The van der Waals surface area contributed by atoms with Crippen molar-refractivity contribution >= 4 is 0 Å². The molecule has 0 radical (unpaired) electrons. The number of rotatable bonds is 2. The van der Waals surface area contributed by atoms with Crippen molar-refractivity contribution in [3.05, 3.63) is 35.9 Å². The lowest BCUT2D eigenvalue weighted by Crippen LogP contribution is -2.46. The fourth-order valence-corrected chi connectivity index (χ4v) is 3.61. The molecule has 5 nitrogen and oxygen atoms in total. The highest BCUT2D eigenvalue weighted by Crippen LogP contribution is 2.45. The SMILES string of the molecule is O[C@@H]1[C@H]2OC[C@@H]3ON(Cc4ccccc4)[C@H]([C@H]2O)[C@H]13. The molecular formula is C14H17NO4. The van der Waals surface area contributed by atoms with Crippen molar-refractivity contribution in [2.24, 2.45) is 5.92 Å². The van der Waals surface area contributed by atoms with E-state index >= 15 is 0 Å². The minimum atomic E-state index is -0.684. The van der Waals surface area contributed by atoms with Crippen molar-refractivity contribution in [3.8, 4) is 0 Å². The van der Waals surface area contributed by atoms with Crippen LogP contribution in [0.25, 0.3) is 0 Å². The molecule has 0 unspecified atom stereocenters. The molecule has 1 aromatic rings. The average Bonchev–Trinajstić information content (AvgIpc) is 2.84. The number of hydrogen-bond acceptors (Lipinski definition) is 5. The molecular weight excluding hydrogens is 246 g/mol. The predicted molar refractivity (Wildman–Crippen MR) is 65.9 cm³/mol. The van der Waals surface area contributed by atoms with Gasteiger partial charge in [0.2, 0.25) is 0 Å². The molecule has 19 heavy (non-hydrogen) atoms. The molecule has 0 spiro atoms. The lowest BCUT2D eigenvalue weighted by molar-refractivity contribution is -0.241. The summed E-state index contributed by atoms with van der Waals surface area (Å²) in [4.78, 5) is 5.85. The van der Waals surface area contributed by atoms with Gasteiger partial charge in [-0.15, -0.1) is 0 Å². The third-order valence-electron chi connectivity index (χ3n) is 4.48. The predicted octanol–water partition coefficient (Wildman–Crippen LogP) is -0.0786. The first kappa shape index (κ1) is 11.8. The molecule has 5 heteroatoms. The Hall–Kier alpha value is -0.980. The van der Waals surface area contributed by atoms with E-state index in [0.29, 0.717) is 13.2 Å². The summed E-state index contributed by atoms with van der Waals surface area (Å²) in [5, 5.41) is 22.3. The Balaban J connectivity index is 1.60. The number of aliphatic hydroxyl groups excluding tert-OH is 2. The van der Waals surface area contributed by atoms with Gasteiger partial charge in [0.25, 0.3) is 0 Å². The second-order valence-electron chi connectivity index (χ2n) is 5.55. The third-order valence-corrected chi connectivity index (χ3v) is 4.48. The first-order chi connectivity index (χ1) is 9.25. The lowest BCUT2D eigenvalue weighted by atomic mass is 9.95. The van der Waals surface area contributed by atoms with Gasteiger partial charge in [-0.2, -0.15) is 5.06 Å². The number of fused-ring (bicyclic) bond motifs is 1. The number of hydrogen-bond donors (Lipinski definition) is 2. The third kappa shape index (κ3) is 1.67. The summed E-state index contributed by atoms with van der Waals surface area (Å²) < 4.78 is 5.47. The van der Waals surface area contributed by atoms with Gasteiger partial charge in [-0.3, -0.25) is 4.84 Å². The van der Waals surface area contributed by atoms with Gasteiger partial charge >= 0.3 is 0 Å². The van der Waals surface area contributed by atoms with Crippen LogP contribution >= 0.6 is 0 Å². The van der Waals surface area contributed by atoms with E-state index in [2.05, 4.69) is 0 Å². The molecule has 3 fully saturated rings. The number of benzene rings is 1. The summed E-state index contributed by atoms with van der Waals surface area (Å²) in [6, 6.07) is 9.83. The fourth-order valence-electron chi connectivity index (χ4n) is 3.61. The van der Waals surface area contributed by atoms with Crippen LogP contribution in [0, 0.1) is 5.92 Å². The van der Waals surface area contributed by atoms with E-state index in [1.165, 1.54) is 0 Å². The highest BCUT2D eigenvalue weighted by Gasteiger charge is 2.63. The average molecular weight is 263 g/mol. The Morgan fingerprint density at radius 1 is 1.16 bits per heavy atom. The Morgan fingerprint density at radius 2 is 1.95 bits per heavy atom. The lowest BCUT2D eigenvalue weighted by Gasteiger charge is -2.32. The molecule has 2 saturated heterocycles. The molecule has 4 rings (SSSR count). The molecule has 1 aromatic carbocycles. The first-order valence-electron chi connectivity index (χ1n) is 6.71. The quantitative estimate of drug-likeness (QED) is 0.781. The zero-order chi connectivity index (χ0) is 13.0. The zero-order valence-corrected chi connectivity index (χ0v) is 10.4. The summed E-state index contributed by atoms with van der Waals surface area (Å²) >= 11 is 0. The van der Waals surface area contributed by atoms with Crippen LogP contribution in [0.4, 0.5) is 0 Å². The van der Waals surface area contributed by atoms with Gasteiger partial charge in [0.15, 0.2) is 0 Å². The Labute approximate surface area is 111 Å². The molecule has 102 valence electrons. The van der Waals surface area contributed by atoms with E-state index in [9.17, 15) is 10.2 Å². The molecule has 1 saturated carbocycles. The topological polar surface area (TPSA) is 62.2 Å². The number of hydroxylamine groups is 2. The molecule has 0 amide bonds. The van der Waals surface area contributed by atoms with Crippen molar-refractivity contribution in [1.82, 2.24) is 5.06 Å². The van der Waals surface area contributed by atoms with Crippen molar-refractivity contribution in [2.45, 2.75) is 37.0 Å². The van der Waals surface area contributed by atoms with E-state index in [1.54, 1.807) is 0 Å². The van der Waals surface area contributed by atoms with E-state index < -0.39 is 18.3 Å². The Kier molecular flexibility index (Phi) is 2.65. The van der Waals surface area contributed by atoms with Crippen LogP contribution in [-0.2, 0) is 16.1 Å². The summed E-state index contributed by atoms with van der Waals surface area (Å²) in [5.41, 5.74) is 1.13. The van der Waals surface area contributed by atoms with Gasteiger partial charge in [-0.1, -0.05) is 30.3 Å². The first-order valence-corrected chi connectivity index (χ1v) is 6.71. The van der Waals surface area contributed by atoms with Crippen LogP contribution in [0.5, 0.6) is 0 Å². The number of nitrogens with zero attached hydrogens (tertiary/aromatic N) is 1. The summed E-state index contributed by atoms with van der Waals surface area (Å²) in [5.74, 6) is -0.0440. The molecule has 2 N–H and O–H groups in total. The maximum absolute atomic E-state index is 10.3. The largest absolute Gasteiger partial charge is 0.390 e. The monoisotopic (exact) mass is 263 g/mol. The standard InChI is InChI=1S/C14H17NO4/c16-12-10-9-7-18-14(12)13(17)11(10)15(19-9)6-8-4-2-1-3-5-8/h1-5,9-14,16-17H,6-7H2/t9-,10+,11-,12-,13+,14+/m0/s1. The highest BCUT2D eigenvalue weighted by atomic mass is 16.7. The van der Waals surface area contributed by atoms with Gasteiger partial charge in [0, 0.05) is 12.5 Å². The van der Waals surface area contributed by atoms with E-state index in [0.717, 1.165) is 5.56 Å². The molecule has 2 bridgehead atoms. The molecule has 2 heterocycles. The van der Waals surface area contributed by atoms with Crippen molar-refractivity contribution in [1.29, 1.82) is 0 Å². The number of ether oxygens (including phenoxy) is 1. The van der Waals surface area contributed by atoms with Crippen LogP contribution in [0.2, 0.25) is 0 Å². The van der Waals surface area contributed by atoms with E-state index in [-0.39, 0.29) is 18.1 Å². The zero-order valence-electron chi connectivity index (χ0n) is 10.4. The maximum Gasteiger partial charge on any atom is 0.111 e. The van der Waals surface area contributed by atoms with E-state index in [4.69, 9.17) is 9.57 Å². The molecule has 1 aliphatic carbocycles.